The molecule has 9 nitrogen and oxygen atoms in total. The second-order valence-electron chi connectivity index (χ2n) is 14.2. The highest BCUT2D eigenvalue weighted by atomic mass is 31.2. The molecule has 0 aliphatic rings. The number of hydrogen-bond acceptors (Lipinski definition) is 8. The van der Waals surface area contributed by atoms with Gasteiger partial charge >= 0.3 is 19.8 Å². The molecule has 304 valence electrons. The first-order chi connectivity index (χ1) is 25.2. The maximum Gasteiger partial charge on any atom is 0.472 e. The van der Waals surface area contributed by atoms with E-state index in [0.717, 1.165) is 57.8 Å². The van der Waals surface area contributed by atoms with E-state index in [4.69, 9.17) is 18.5 Å². The number of hydrogen-bond donors (Lipinski definition) is 1. The Kier molecular flexibility index (Phi) is 36.3. The van der Waals surface area contributed by atoms with Gasteiger partial charge in [-0.1, -0.05) is 147 Å². The van der Waals surface area contributed by atoms with Crippen LogP contribution >= 0.6 is 7.82 Å². The molecule has 0 aromatic rings. The van der Waals surface area contributed by atoms with Crippen LogP contribution < -0.4 is 0 Å². The van der Waals surface area contributed by atoms with Gasteiger partial charge in [-0.25, -0.2) is 4.57 Å². The van der Waals surface area contributed by atoms with Crippen LogP contribution in [0, 0.1) is 0 Å². The maximum absolute atomic E-state index is 12.6. The Morgan fingerprint density at radius 1 is 0.596 bits per heavy atom. The van der Waals surface area contributed by atoms with Gasteiger partial charge in [-0.05, 0) is 65.5 Å². The molecule has 0 bridgehead atoms. The van der Waals surface area contributed by atoms with Crippen molar-refractivity contribution in [2.75, 3.05) is 40.5 Å². The number of carbonyl (C=O) groups excluding carboxylic acids is 2. The highest BCUT2D eigenvalue weighted by molar-refractivity contribution is 7.47. The number of phosphoric ester groups is 1. The molecule has 0 aromatic carbocycles. The Hall–Kier alpha value is -1.77. The molecule has 0 radical (unpaired) electrons. The van der Waals surface area contributed by atoms with Gasteiger partial charge in [0, 0.05) is 19.4 Å². The minimum Gasteiger partial charge on any atom is -0.462 e. The lowest BCUT2D eigenvalue weighted by Gasteiger charge is -2.20. The van der Waals surface area contributed by atoms with Gasteiger partial charge < -0.3 is 19.3 Å². The molecular weight excluding hydrogens is 677 g/mol. The number of phosphoric acid groups is 1. The summed E-state index contributed by atoms with van der Waals surface area (Å²) in [4.78, 5) is 36.9. The summed E-state index contributed by atoms with van der Waals surface area (Å²) in [6.45, 7) is 4.26. The van der Waals surface area contributed by atoms with Crippen molar-refractivity contribution in [1.29, 1.82) is 0 Å². The Morgan fingerprint density at radius 2 is 1.04 bits per heavy atom. The van der Waals surface area contributed by atoms with E-state index in [0.29, 0.717) is 13.0 Å². The Bertz CT molecular complexity index is 968. The summed E-state index contributed by atoms with van der Waals surface area (Å²) in [5, 5.41) is 0. The molecule has 0 saturated carbocycles. The zero-order chi connectivity index (χ0) is 38.4. The van der Waals surface area contributed by atoms with Crippen molar-refractivity contribution in [2.24, 2.45) is 0 Å². The average Bonchev–Trinajstić information content (AvgIpc) is 3.11. The van der Waals surface area contributed by atoms with Crippen LogP contribution in [0.4, 0.5) is 0 Å². The minimum absolute atomic E-state index is 0.00320. The summed E-state index contributed by atoms with van der Waals surface area (Å²) in [6.07, 6.45) is 39.0. The third-order valence-electron chi connectivity index (χ3n) is 8.70. The fraction of sp³-hybridized carbons (Fsp3) is 0.810. The monoisotopic (exact) mass is 756 g/mol. The zero-order valence-electron chi connectivity index (χ0n) is 33.7. The van der Waals surface area contributed by atoms with Crippen molar-refractivity contribution in [3.63, 3.8) is 0 Å². The van der Waals surface area contributed by atoms with E-state index in [1.165, 1.54) is 83.5 Å². The van der Waals surface area contributed by atoms with Crippen molar-refractivity contribution < 1.29 is 37.6 Å². The Labute approximate surface area is 319 Å². The Balaban J connectivity index is 4.36. The van der Waals surface area contributed by atoms with Crippen molar-refractivity contribution in [1.82, 2.24) is 4.90 Å². The van der Waals surface area contributed by atoms with E-state index >= 15 is 0 Å². The third-order valence-corrected chi connectivity index (χ3v) is 9.68. The smallest absolute Gasteiger partial charge is 0.462 e. The van der Waals surface area contributed by atoms with E-state index in [2.05, 4.69) is 50.3 Å². The van der Waals surface area contributed by atoms with Gasteiger partial charge in [0.25, 0.3) is 0 Å². The third kappa shape index (κ3) is 38.0. The number of ether oxygens (including phenoxy) is 2. The minimum atomic E-state index is -4.36. The van der Waals surface area contributed by atoms with Crippen molar-refractivity contribution in [3.05, 3.63) is 36.5 Å². The van der Waals surface area contributed by atoms with Crippen LogP contribution in [0.3, 0.4) is 0 Å². The summed E-state index contributed by atoms with van der Waals surface area (Å²) < 4.78 is 33.4. The summed E-state index contributed by atoms with van der Waals surface area (Å²) in [5.74, 6) is -0.827. The van der Waals surface area contributed by atoms with Gasteiger partial charge in [-0.15, -0.1) is 0 Å². The maximum atomic E-state index is 12.6. The van der Waals surface area contributed by atoms with Gasteiger partial charge in [-0.3, -0.25) is 18.6 Å². The molecule has 0 spiro atoms. The Morgan fingerprint density at radius 3 is 1.58 bits per heavy atom. The highest BCUT2D eigenvalue weighted by Crippen LogP contribution is 2.43. The average molecular weight is 756 g/mol. The molecule has 0 heterocycles. The van der Waals surface area contributed by atoms with Gasteiger partial charge in [0.1, 0.15) is 6.61 Å². The molecule has 1 N–H and O–H groups in total. The molecule has 0 aromatic heterocycles. The van der Waals surface area contributed by atoms with Crippen LogP contribution in [-0.4, -0.2) is 68.3 Å². The van der Waals surface area contributed by atoms with E-state index in [-0.39, 0.29) is 32.0 Å². The van der Waals surface area contributed by atoms with E-state index in [9.17, 15) is 19.0 Å². The second kappa shape index (κ2) is 37.5. The number of rotatable bonds is 38. The van der Waals surface area contributed by atoms with Crippen LogP contribution in [-0.2, 0) is 32.7 Å². The first-order valence-corrected chi connectivity index (χ1v) is 22.3. The van der Waals surface area contributed by atoms with Crippen LogP contribution in [0.1, 0.15) is 174 Å². The molecular formula is C42H78NO8P. The summed E-state index contributed by atoms with van der Waals surface area (Å²) in [5.41, 5.74) is 0. The predicted molar refractivity (Wildman–Crippen MR) is 215 cm³/mol. The van der Waals surface area contributed by atoms with E-state index < -0.39 is 26.5 Å². The van der Waals surface area contributed by atoms with Crippen LogP contribution in [0.5, 0.6) is 0 Å². The fourth-order valence-electron chi connectivity index (χ4n) is 5.46. The van der Waals surface area contributed by atoms with E-state index in [1.807, 2.05) is 19.0 Å². The van der Waals surface area contributed by atoms with Gasteiger partial charge in [0.05, 0.1) is 13.2 Å². The van der Waals surface area contributed by atoms with Crippen molar-refractivity contribution in [2.45, 2.75) is 180 Å². The first-order valence-electron chi connectivity index (χ1n) is 20.8. The lowest BCUT2D eigenvalue weighted by molar-refractivity contribution is -0.161. The van der Waals surface area contributed by atoms with Crippen LogP contribution in [0.15, 0.2) is 36.5 Å². The van der Waals surface area contributed by atoms with Gasteiger partial charge in [-0.2, -0.15) is 0 Å². The number of likely N-dealkylation sites (N-methyl/N-ethyl adjacent to an activating group) is 1. The largest absolute Gasteiger partial charge is 0.472 e. The van der Waals surface area contributed by atoms with Crippen molar-refractivity contribution in [3.8, 4) is 0 Å². The molecule has 2 atom stereocenters. The SMILES string of the molecule is CCCCC/C=C\C/C=C\C/C=C\CCCCCCC(=O)OC(COC(=O)CCCCCCCCCCCCCC)COP(=O)(O)OCCN(C)C. The number of carbonyl (C=O) groups is 2. The molecule has 0 fully saturated rings. The van der Waals surface area contributed by atoms with E-state index in [1.54, 1.807) is 0 Å². The fourth-order valence-corrected chi connectivity index (χ4v) is 6.20. The lowest BCUT2D eigenvalue weighted by Crippen LogP contribution is -2.29. The normalized spacial score (nSPS) is 13.8. The lowest BCUT2D eigenvalue weighted by atomic mass is 10.0. The molecule has 0 amide bonds. The zero-order valence-corrected chi connectivity index (χ0v) is 34.6. The number of unbranched alkanes of at least 4 members (excludes halogenated alkanes) is 18. The second-order valence-corrected chi connectivity index (χ2v) is 15.6. The summed E-state index contributed by atoms with van der Waals surface area (Å²) in [6, 6.07) is 0. The highest BCUT2D eigenvalue weighted by Gasteiger charge is 2.26. The topological polar surface area (TPSA) is 112 Å². The number of allylic oxidation sites excluding steroid dienone is 6. The van der Waals surface area contributed by atoms with Gasteiger partial charge in [0.15, 0.2) is 6.10 Å². The summed E-state index contributed by atoms with van der Waals surface area (Å²) in [7, 11) is -0.722. The first kappa shape index (κ1) is 50.2. The molecule has 0 aliphatic heterocycles. The number of nitrogens with zero attached hydrogens (tertiary/aromatic N) is 1. The number of esters is 2. The summed E-state index contributed by atoms with van der Waals surface area (Å²) >= 11 is 0. The molecule has 52 heavy (non-hydrogen) atoms. The van der Waals surface area contributed by atoms with Crippen LogP contribution in [0.25, 0.3) is 0 Å². The molecule has 0 aliphatic carbocycles. The van der Waals surface area contributed by atoms with Crippen molar-refractivity contribution >= 4 is 19.8 Å². The molecule has 10 heteroatoms. The standard InChI is InChI=1S/C42H78NO8P/c1-5-7-9-11-13-15-17-19-20-21-22-23-25-27-29-31-33-35-42(45)51-40(39-50-52(46,47)49-37-36-43(3)4)38-48-41(44)34-32-30-28-26-24-18-16-14-12-10-8-6-2/h13,15,19-20,22-23,40H,5-12,14,16-18,21,24-39H2,1-4H3,(H,46,47)/b15-13-,20-19-,23-22-. The quantitative estimate of drug-likeness (QED) is 0.0285. The van der Waals surface area contributed by atoms with Gasteiger partial charge in [0.2, 0.25) is 0 Å². The molecule has 2 unspecified atom stereocenters. The molecule has 0 saturated heterocycles. The van der Waals surface area contributed by atoms with Crippen LogP contribution in [0.2, 0.25) is 0 Å². The predicted octanol–water partition coefficient (Wildman–Crippen LogP) is 11.6. The molecule has 0 rings (SSSR count).